The topological polar surface area (TPSA) is 66.5 Å². The molecule has 0 saturated carbocycles. The number of hydrogen-bond acceptors (Lipinski definition) is 3. The van der Waals surface area contributed by atoms with E-state index >= 15 is 0 Å². The fourth-order valence-electron chi connectivity index (χ4n) is 1.96. The smallest absolute Gasteiger partial charge is 0.239 e. The molecule has 98 valence electrons. The van der Waals surface area contributed by atoms with Crippen molar-refractivity contribution in [1.82, 2.24) is 4.31 Å². The third kappa shape index (κ3) is 2.70. The van der Waals surface area contributed by atoms with Crippen molar-refractivity contribution in [2.24, 2.45) is 0 Å². The summed E-state index contributed by atoms with van der Waals surface area (Å²) in [6.45, 7) is 1.94. The second-order valence-electron chi connectivity index (χ2n) is 4.29. The van der Waals surface area contributed by atoms with Crippen LogP contribution in [0.2, 0.25) is 0 Å². The Morgan fingerprint density at radius 1 is 1.28 bits per heavy atom. The van der Waals surface area contributed by atoms with Crippen LogP contribution in [0.5, 0.6) is 0 Å². The van der Waals surface area contributed by atoms with Crippen molar-refractivity contribution in [2.45, 2.75) is 19.9 Å². The van der Waals surface area contributed by atoms with Crippen molar-refractivity contribution in [3.05, 3.63) is 29.8 Å². The van der Waals surface area contributed by atoms with Crippen LogP contribution in [0, 0.1) is 0 Å². The minimum Gasteiger partial charge on any atom is -0.325 e. The molecule has 5 nitrogen and oxygen atoms in total. The number of fused-ring (bicyclic) bond motifs is 1. The highest BCUT2D eigenvalue weighted by atomic mass is 32.2. The van der Waals surface area contributed by atoms with Gasteiger partial charge in [0.25, 0.3) is 0 Å². The van der Waals surface area contributed by atoms with Crippen LogP contribution < -0.4 is 5.32 Å². The number of nitrogens with zero attached hydrogens (tertiary/aromatic N) is 1. The first-order valence-electron chi connectivity index (χ1n) is 5.88. The van der Waals surface area contributed by atoms with Crippen LogP contribution in [0.1, 0.15) is 18.9 Å². The number of carbonyl (C=O) groups excluding carboxylic acids is 1. The molecule has 0 spiro atoms. The number of nitrogens with one attached hydrogen (secondary N) is 1. The number of benzene rings is 1. The molecule has 1 amide bonds. The molecule has 1 aliphatic rings. The highest BCUT2D eigenvalue weighted by Crippen LogP contribution is 2.22. The van der Waals surface area contributed by atoms with Gasteiger partial charge in [-0.05, 0) is 18.1 Å². The molecule has 1 aromatic rings. The molecular formula is C12H16N2O3S. The quantitative estimate of drug-likeness (QED) is 0.895. The normalized spacial score (nSPS) is 16.8. The van der Waals surface area contributed by atoms with Crippen LogP contribution in [0.15, 0.2) is 24.3 Å². The van der Waals surface area contributed by atoms with Gasteiger partial charge in [-0.15, -0.1) is 0 Å². The lowest BCUT2D eigenvalue weighted by Gasteiger charge is -2.18. The van der Waals surface area contributed by atoms with Gasteiger partial charge in [0.15, 0.2) is 0 Å². The Morgan fingerprint density at radius 3 is 2.72 bits per heavy atom. The second kappa shape index (κ2) is 5.07. The maximum atomic E-state index is 12.0. The zero-order valence-electron chi connectivity index (χ0n) is 10.2. The first-order valence-corrected chi connectivity index (χ1v) is 7.49. The van der Waals surface area contributed by atoms with E-state index in [1.54, 1.807) is 6.07 Å². The third-order valence-electron chi connectivity index (χ3n) is 2.81. The third-order valence-corrected chi connectivity index (χ3v) is 4.78. The van der Waals surface area contributed by atoms with Gasteiger partial charge in [-0.1, -0.05) is 25.1 Å². The first-order chi connectivity index (χ1) is 8.53. The van der Waals surface area contributed by atoms with E-state index in [0.29, 0.717) is 12.1 Å². The largest absolute Gasteiger partial charge is 0.325 e. The van der Waals surface area contributed by atoms with Crippen molar-refractivity contribution in [3.63, 3.8) is 0 Å². The van der Waals surface area contributed by atoms with Gasteiger partial charge < -0.3 is 5.32 Å². The SMILES string of the molecule is CCCS(=O)(=O)N1CC(=O)Nc2ccccc2C1. The minimum absolute atomic E-state index is 0.0719. The fraction of sp³-hybridized carbons (Fsp3) is 0.417. The van der Waals surface area contributed by atoms with Crippen molar-refractivity contribution in [3.8, 4) is 0 Å². The molecule has 2 rings (SSSR count). The lowest BCUT2D eigenvalue weighted by atomic mass is 10.2. The number of carbonyl (C=O) groups is 1. The van der Waals surface area contributed by atoms with Crippen LogP contribution >= 0.6 is 0 Å². The molecule has 1 N–H and O–H groups in total. The van der Waals surface area contributed by atoms with Crippen LogP contribution in [0.3, 0.4) is 0 Å². The summed E-state index contributed by atoms with van der Waals surface area (Å²) in [6, 6.07) is 7.26. The van der Waals surface area contributed by atoms with Gasteiger partial charge in [0, 0.05) is 12.2 Å². The zero-order valence-corrected chi connectivity index (χ0v) is 11.0. The van der Waals surface area contributed by atoms with E-state index in [0.717, 1.165) is 5.56 Å². The molecule has 0 unspecified atom stereocenters. The van der Waals surface area contributed by atoms with Crippen molar-refractivity contribution >= 4 is 21.6 Å². The number of sulfonamides is 1. The van der Waals surface area contributed by atoms with Crippen LogP contribution in [-0.4, -0.2) is 30.9 Å². The van der Waals surface area contributed by atoms with E-state index in [4.69, 9.17) is 0 Å². The zero-order chi connectivity index (χ0) is 13.2. The molecular weight excluding hydrogens is 252 g/mol. The number of para-hydroxylation sites is 1. The van der Waals surface area contributed by atoms with Crippen LogP contribution in [0.4, 0.5) is 5.69 Å². The molecule has 0 aliphatic carbocycles. The molecule has 1 aromatic carbocycles. The summed E-state index contributed by atoms with van der Waals surface area (Å²) < 4.78 is 25.3. The Bertz CT molecular complexity index is 554. The Hall–Kier alpha value is -1.40. The first kappa shape index (κ1) is 13.0. The van der Waals surface area contributed by atoms with Gasteiger partial charge in [-0.2, -0.15) is 4.31 Å². The molecule has 0 saturated heterocycles. The molecule has 1 aliphatic heterocycles. The van der Waals surface area contributed by atoms with Gasteiger partial charge in [-0.25, -0.2) is 8.42 Å². The van der Waals surface area contributed by atoms with Crippen molar-refractivity contribution < 1.29 is 13.2 Å². The summed E-state index contributed by atoms with van der Waals surface area (Å²) in [5.74, 6) is -0.220. The molecule has 0 bridgehead atoms. The van der Waals surface area contributed by atoms with Gasteiger partial charge in [0.05, 0.1) is 12.3 Å². The number of rotatable bonds is 3. The fourth-order valence-corrected chi connectivity index (χ4v) is 3.38. The summed E-state index contributed by atoms with van der Waals surface area (Å²) in [7, 11) is -3.36. The Morgan fingerprint density at radius 2 is 2.00 bits per heavy atom. The van der Waals surface area contributed by atoms with E-state index < -0.39 is 10.0 Å². The summed E-state index contributed by atoms with van der Waals surface area (Å²) in [4.78, 5) is 11.7. The molecule has 18 heavy (non-hydrogen) atoms. The summed E-state index contributed by atoms with van der Waals surface area (Å²) >= 11 is 0. The molecule has 0 atom stereocenters. The van der Waals surface area contributed by atoms with E-state index in [9.17, 15) is 13.2 Å². The summed E-state index contributed by atoms with van der Waals surface area (Å²) in [6.07, 6.45) is 0.544. The maximum Gasteiger partial charge on any atom is 0.239 e. The standard InChI is InChI=1S/C12H16N2O3S/c1-2-7-18(16,17)14-8-10-5-3-4-6-11(10)13-12(15)9-14/h3-6H,2,7-9H2,1H3,(H,13,15). The molecule has 1 heterocycles. The van der Waals surface area contributed by atoms with Gasteiger partial charge in [0.2, 0.25) is 15.9 Å². The Labute approximate surface area is 107 Å². The Kier molecular flexibility index (Phi) is 3.68. The predicted octanol–water partition coefficient (Wildman–Crippen LogP) is 1.18. The van der Waals surface area contributed by atoms with Crippen molar-refractivity contribution in [1.29, 1.82) is 0 Å². The molecule has 0 aromatic heterocycles. The average Bonchev–Trinajstić information content (AvgIpc) is 2.47. The lowest BCUT2D eigenvalue weighted by Crippen LogP contribution is -2.36. The second-order valence-corrected chi connectivity index (χ2v) is 6.38. The van der Waals surface area contributed by atoms with Gasteiger partial charge in [0.1, 0.15) is 0 Å². The van der Waals surface area contributed by atoms with Gasteiger partial charge >= 0.3 is 0 Å². The number of hydrogen-bond donors (Lipinski definition) is 1. The highest BCUT2D eigenvalue weighted by Gasteiger charge is 2.27. The van der Waals surface area contributed by atoms with Gasteiger partial charge in [-0.3, -0.25) is 4.79 Å². The Balaban J connectivity index is 2.34. The predicted molar refractivity (Wildman–Crippen MR) is 69.6 cm³/mol. The van der Waals surface area contributed by atoms with Crippen LogP contribution in [-0.2, 0) is 21.4 Å². The maximum absolute atomic E-state index is 12.0. The summed E-state index contributed by atoms with van der Waals surface area (Å²) in [5.41, 5.74) is 1.51. The summed E-state index contributed by atoms with van der Waals surface area (Å²) in [5, 5.41) is 2.72. The van der Waals surface area contributed by atoms with E-state index in [1.807, 2.05) is 25.1 Å². The van der Waals surface area contributed by atoms with E-state index in [1.165, 1.54) is 4.31 Å². The minimum atomic E-state index is -3.36. The highest BCUT2D eigenvalue weighted by molar-refractivity contribution is 7.89. The molecule has 6 heteroatoms. The van der Waals surface area contributed by atoms with Crippen LogP contribution in [0.25, 0.3) is 0 Å². The number of anilines is 1. The number of amides is 1. The van der Waals surface area contributed by atoms with E-state index in [2.05, 4.69) is 5.32 Å². The molecule has 0 radical (unpaired) electrons. The molecule has 0 fully saturated rings. The van der Waals surface area contributed by atoms with Crippen molar-refractivity contribution in [2.75, 3.05) is 17.6 Å². The average molecular weight is 268 g/mol. The lowest BCUT2D eigenvalue weighted by molar-refractivity contribution is -0.116. The van der Waals surface area contributed by atoms with E-state index in [-0.39, 0.29) is 24.7 Å². The monoisotopic (exact) mass is 268 g/mol.